The Labute approximate surface area is 189 Å². The summed E-state index contributed by atoms with van der Waals surface area (Å²) < 4.78 is 1.53. The second-order valence-electron chi connectivity index (χ2n) is 9.12. The molecule has 0 N–H and O–H groups in total. The van der Waals surface area contributed by atoms with E-state index in [1.54, 1.807) is 18.1 Å². The van der Waals surface area contributed by atoms with Crippen LogP contribution in [0.4, 0.5) is 0 Å². The van der Waals surface area contributed by atoms with Gasteiger partial charge in [0, 0.05) is 56.7 Å². The average molecular weight is 437 g/mol. The minimum atomic E-state index is -0.242. The molecule has 2 aromatic rings. The van der Waals surface area contributed by atoms with Gasteiger partial charge in [0.05, 0.1) is 5.56 Å². The van der Waals surface area contributed by atoms with Gasteiger partial charge in [-0.25, -0.2) is 0 Å². The Morgan fingerprint density at radius 1 is 0.969 bits per heavy atom. The third kappa shape index (κ3) is 4.33. The topological polar surface area (TPSA) is 75.5 Å². The zero-order valence-electron chi connectivity index (χ0n) is 19.3. The lowest BCUT2D eigenvalue weighted by Crippen LogP contribution is -2.42. The Morgan fingerprint density at radius 2 is 1.69 bits per heavy atom. The molecule has 0 spiro atoms. The molecule has 2 fully saturated rings. The van der Waals surface area contributed by atoms with Crippen LogP contribution in [0.1, 0.15) is 75.7 Å². The molecule has 1 atom stereocenters. The third-order valence-electron chi connectivity index (χ3n) is 6.88. The summed E-state index contributed by atoms with van der Waals surface area (Å²) in [6.07, 6.45) is 6.78. The van der Waals surface area contributed by atoms with Crippen LogP contribution < -0.4 is 5.56 Å². The number of piperidine rings is 2. The quantitative estimate of drug-likeness (QED) is 0.741. The van der Waals surface area contributed by atoms with E-state index in [0.29, 0.717) is 18.7 Å². The van der Waals surface area contributed by atoms with Crippen LogP contribution in [0.2, 0.25) is 0 Å². The molecule has 2 aliphatic rings. The second-order valence-corrected chi connectivity index (χ2v) is 9.12. The molecule has 2 aromatic heterocycles. The average Bonchev–Trinajstić information content (AvgIpc) is 2.83. The van der Waals surface area contributed by atoms with E-state index in [-0.39, 0.29) is 28.9 Å². The molecule has 0 aliphatic carbocycles. The van der Waals surface area contributed by atoms with Crippen molar-refractivity contribution < 1.29 is 9.59 Å². The number of rotatable bonds is 3. The molecule has 4 heterocycles. The van der Waals surface area contributed by atoms with Gasteiger partial charge in [0.1, 0.15) is 5.56 Å². The molecular formula is C25H32N4O3. The van der Waals surface area contributed by atoms with Gasteiger partial charge >= 0.3 is 0 Å². The minimum Gasteiger partial charge on any atom is -0.339 e. The number of nitrogens with zero attached hydrogens (tertiary/aromatic N) is 4. The summed E-state index contributed by atoms with van der Waals surface area (Å²) in [5.41, 5.74) is 3.09. The first kappa shape index (κ1) is 22.2. The number of aromatic nitrogens is 2. The molecule has 7 heteroatoms. The Morgan fingerprint density at radius 3 is 2.38 bits per heavy atom. The van der Waals surface area contributed by atoms with Crippen molar-refractivity contribution in [1.82, 2.24) is 19.4 Å². The molecule has 0 radical (unpaired) electrons. The van der Waals surface area contributed by atoms with E-state index >= 15 is 0 Å². The first-order chi connectivity index (χ1) is 15.4. The lowest BCUT2D eigenvalue weighted by atomic mass is 9.93. The Kier molecular flexibility index (Phi) is 6.44. The van der Waals surface area contributed by atoms with Crippen molar-refractivity contribution >= 4 is 11.8 Å². The normalized spacial score (nSPS) is 19.2. The highest BCUT2D eigenvalue weighted by Crippen LogP contribution is 2.27. The maximum atomic E-state index is 13.2. The van der Waals surface area contributed by atoms with Crippen LogP contribution in [-0.4, -0.2) is 57.3 Å². The number of hydrogen-bond acceptors (Lipinski definition) is 4. The SMILES string of the molecule is Cc1cc(C)n(C)c(=O)c1C(=O)N1CCC[C@@H](c2ccc(C(=O)N3CCCCC3)cn2)C1. The van der Waals surface area contributed by atoms with Crippen LogP contribution in [0.15, 0.2) is 29.2 Å². The van der Waals surface area contributed by atoms with Gasteiger partial charge < -0.3 is 14.4 Å². The van der Waals surface area contributed by atoms with Crippen molar-refractivity contribution in [2.24, 2.45) is 7.05 Å². The predicted octanol–water partition coefficient (Wildman–Crippen LogP) is 3.04. The molecule has 0 bridgehead atoms. The fraction of sp³-hybridized carbons (Fsp3) is 0.520. The third-order valence-corrected chi connectivity index (χ3v) is 6.88. The highest BCUT2D eigenvalue weighted by Gasteiger charge is 2.29. The predicted molar refractivity (Wildman–Crippen MR) is 123 cm³/mol. The standard InChI is InChI=1S/C25H32N4O3/c1-17-14-18(2)27(3)24(31)22(17)25(32)29-13-7-8-20(16-29)21-10-9-19(15-26-21)23(30)28-11-5-4-6-12-28/h9-10,14-15,20H,4-8,11-13,16H2,1-3H3/t20-/m1/s1. The van der Waals surface area contributed by atoms with Crippen molar-refractivity contribution in [2.45, 2.75) is 51.9 Å². The highest BCUT2D eigenvalue weighted by atomic mass is 16.2. The van der Waals surface area contributed by atoms with E-state index in [1.807, 2.05) is 36.9 Å². The number of pyridine rings is 2. The van der Waals surface area contributed by atoms with Crippen molar-refractivity contribution in [1.29, 1.82) is 0 Å². The lowest BCUT2D eigenvalue weighted by molar-refractivity contribution is 0.0701. The van der Waals surface area contributed by atoms with Gasteiger partial charge in [-0.3, -0.25) is 19.4 Å². The molecule has 0 aromatic carbocycles. The van der Waals surface area contributed by atoms with Crippen LogP contribution in [-0.2, 0) is 7.05 Å². The largest absolute Gasteiger partial charge is 0.339 e. The molecule has 0 unspecified atom stereocenters. The Bertz CT molecular complexity index is 1070. The fourth-order valence-corrected chi connectivity index (χ4v) is 4.85. The van der Waals surface area contributed by atoms with Crippen LogP contribution in [0.5, 0.6) is 0 Å². The molecule has 2 aliphatic heterocycles. The van der Waals surface area contributed by atoms with Gasteiger partial charge in [0.25, 0.3) is 17.4 Å². The number of amides is 2. The number of carbonyl (C=O) groups excluding carboxylic acids is 2. The van der Waals surface area contributed by atoms with Crippen molar-refractivity contribution in [3.05, 3.63) is 62.8 Å². The van der Waals surface area contributed by atoms with Gasteiger partial charge in [-0.1, -0.05) is 0 Å². The molecule has 32 heavy (non-hydrogen) atoms. The molecule has 4 rings (SSSR count). The van der Waals surface area contributed by atoms with Crippen LogP contribution in [0.25, 0.3) is 0 Å². The number of carbonyl (C=O) groups is 2. The van der Waals surface area contributed by atoms with Crippen LogP contribution in [0, 0.1) is 13.8 Å². The van der Waals surface area contributed by atoms with E-state index in [2.05, 4.69) is 4.98 Å². The highest BCUT2D eigenvalue weighted by molar-refractivity contribution is 5.95. The van der Waals surface area contributed by atoms with Crippen LogP contribution >= 0.6 is 0 Å². The van der Waals surface area contributed by atoms with E-state index in [1.165, 1.54) is 11.0 Å². The molecule has 2 saturated heterocycles. The summed E-state index contributed by atoms with van der Waals surface area (Å²) in [4.78, 5) is 47.0. The first-order valence-electron chi connectivity index (χ1n) is 11.6. The summed E-state index contributed by atoms with van der Waals surface area (Å²) in [5.74, 6) is -0.0546. The maximum Gasteiger partial charge on any atom is 0.263 e. The van der Waals surface area contributed by atoms with Gasteiger partial charge in [-0.2, -0.15) is 0 Å². The summed E-state index contributed by atoms with van der Waals surface area (Å²) in [6.45, 7) is 6.49. The molecule has 2 amide bonds. The number of hydrogen-bond donors (Lipinski definition) is 0. The molecular weight excluding hydrogens is 404 g/mol. The van der Waals surface area contributed by atoms with Gasteiger partial charge in [-0.05, 0) is 69.7 Å². The van der Waals surface area contributed by atoms with Gasteiger partial charge in [0.2, 0.25) is 0 Å². The smallest absolute Gasteiger partial charge is 0.263 e. The minimum absolute atomic E-state index is 0.0508. The van der Waals surface area contributed by atoms with E-state index in [4.69, 9.17) is 0 Å². The Hall–Kier alpha value is -2.96. The zero-order valence-corrected chi connectivity index (χ0v) is 19.3. The van der Waals surface area contributed by atoms with Gasteiger partial charge in [0.15, 0.2) is 0 Å². The maximum absolute atomic E-state index is 13.2. The van der Waals surface area contributed by atoms with Crippen molar-refractivity contribution in [3.63, 3.8) is 0 Å². The summed E-state index contributed by atoms with van der Waals surface area (Å²) in [5, 5.41) is 0. The fourth-order valence-electron chi connectivity index (χ4n) is 4.85. The van der Waals surface area contributed by atoms with Crippen molar-refractivity contribution in [2.75, 3.05) is 26.2 Å². The summed E-state index contributed by atoms with van der Waals surface area (Å²) in [7, 11) is 1.70. The van der Waals surface area contributed by atoms with Crippen molar-refractivity contribution in [3.8, 4) is 0 Å². The number of likely N-dealkylation sites (tertiary alicyclic amines) is 2. The summed E-state index contributed by atoms with van der Waals surface area (Å²) in [6, 6.07) is 5.67. The second kappa shape index (κ2) is 9.27. The monoisotopic (exact) mass is 436 g/mol. The molecule has 170 valence electrons. The molecule has 0 saturated carbocycles. The van der Waals surface area contributed by atoms with Crippen LogP contribution in [0.3, 0.4) is 0 Å². The van der Waals surface area contributed by atoms with Gasteiger partial charge in [-0.15, -0.1) is 0 Å². The lowest BCUT2D eigenvalue weighted by Gasteiger charge is -2.33. The van der Waals surface area contributed by atoms with E-state index < -0.39 is 0 Å². The first-order valence-corrected chi connectivity index (χ1v) is 11.6. The molecule has 7 nitrogen and oxygen atoms in total. The zero-order chi connectivity index (χ0) is 22.8. The Balaban J connectivity index is 1.48. The van der Waals surface area contributed by atoms with E-state index in [0.717, 1.165) is 55.7 Å². The number of aryl methyl sites for hydroxylation is 2. The van der Waals surface area contributed by atoms with E-state index in [9.17, 15) is 14.4 Å². The summed E-state index contributed by atoms with van der Waals surface area (Å²) >= 11 is 0.